The van der Waals surface area contributed by atoms with Crippen LogP contribution < -0.4 is 4.90 Å². The van der Waals surface area contributed by atoms with Crippen LogP contribution in [0.5, 0.6) is 5.88 Å². The van der Waals surface area contributed by atoms with Crippen molar-refractivity contribution in [3.05, 3.63) is 69.7 Å². The van der Waals surface area contributed by atoms with Crippen molar-refractivity contribution in [1.82, 2.24) is 20.1 Å². The van der Waals surface area contributed by atoms with Gasteiger partial charge in [-0.15, -0.1) is 0 Å². The third kappa shape index (κ3) is 7.07. The number of rotatable bonds is 5. The van der Waals surface area contributed by atoms with Gasteiger partial charge < -0.3 is 19.8 Å². The zero-order valence-corrected chi connectivity index (χ0v) is 25.5. The summed E-state index contributed by atoms with van der Waals surface area (Å²) in [5, 5.41) is 28.6. The molecule has 0 aliphatic carbocycles. The summed E-state index contributed by atoms with van der Waals surface area (Å²) >= 11 is 0.944. The molecule has 5 rings (SSSR count). The summed E-state index contributed by atoms with van der Waals surface area (Å²) in [5.74, 6) is -0.519. The van der Waals surface area contributed by atoms with Gasteiger partial charge in [0.1, 0.15) is 10.5 Å². The largest absolute Gasteiger partial charge is 0.492 e. The third-order valence-corrected chi connectivity index (χ3v) is 8.31. The van der Waals surface area contributed by atoms with Gasteiger partial charge in [-0.25, -0.2) is 4.79 Å². The molecule has 9 nitrogen and oxygen atoms in total. The van der Waals surface area contributed by atoms with Crippen LogP contribution in [0.4, 0.5) is 36.3 Å². The predicted octanol–water partition coefficient (Wildman–Crippen LogP) is 6.77. The van der Waals surface area contributed by atoms with Crippen LogP contribution >= 0.6 is 11.3 Å². The van der Waals surface area contributed by atoms with Gasteiger partial charge in [0.05, 0.1) is 35.5 Å². The quantitative estimate of drug-likeness (QED) is 0.159. The van der Waals surface area contributed by atoms with Gasteiger partial charge in [0.25, 0.3) is 0 Å². The van der Waals surface area contributed by atoms with Gasteiger partial charge in [0, 0.05) is 30.6 Å². The number of halogens is 6. The molecule has 2 aromatic carbocycles. The third-order valence-electron chi connectivity index (χ3n) is 7.17. The summed E-state index contributed by atoms with van der Waals surface area (Å²) in [5.41, 5.74) is -3.23. The van der Waals surface area contributed by atoms with Crippen LogP contribution in [0, 0.1) is 0 Å². The molecule has 246 valence electrons. The molecule has 1 fully saturated rings. The molecule has 1 atom stereocenters. The molecule has 1 amide bonds. The first kappa shape index (κ1) is 33.1. The standard InChI is InChI=1S/C30H29F6N5O4S/c1-28(2,3)45-27(44)41-9-8-40(14-20(41)15-42)26-38-25(43)24(46-26)21(16-5-7-23-18(10-16)13-37-39-23)11-17-4-6-19(29(31,32)33)12-22(17)30(34,35)36/h4-7,10-13,20,42-43H,8-9,14-15H2,1-3H3,(H,37,39)/t20-/m0/s1. The Kier molecular flexibility index (Phi) is 8.72. The van der Waals surface area contributed by atoms with E-state index in [1.807, 2.05) is 0 Å². The van der Waals surface area contributed by atoms with E-state index in [0.29, 0.717) is 22.5 Å². The van der Waals surface area contributed by atoms with Crippen LogP contribution in [-0.4, -0.2) is 74.3 Å². The molecule has 0 radical (unpaired) electrons. The number of piperazine rings is 1. The summed E-state index contributed by atoms with van der Waals surface area (Å²) in [6.07, 6.45) is -8.17. The molecule has 46 heavy (non-hydrogen) atoms. The maximum absolute atomic E-state index is 14.1. The van der Waals surface area contributed by atoms with Crippen LogP contribution in [0.2, 0.25) is 0 Å². The minimum absolute atomic E-state index is 0.0554. The van der Waals surface area contributed by atoms with E-state index in [0.717, 1.165) is 23.5 Å². The zero-order chi connectivity index (χ0) is 33.6. The zero-order valence-electron chi connectivity index (χ0n) is 24.7. The van der Waals surface area contributed by atoms with E-state index in [1.54, 1.807) is 43.9 Å². The lowest BCUT2D eigenvalue weighted by molar-refractivity contribution is -0.143. The molecular formula is C30H29F6N5O4S. The van der Waals surface area contributed by atoms with Gasteiger partial charge in [0.2, 0.25) is 5.88 Å². The monoisotopic (exact) mass is 669 g/mol. The SMILES string of the molecule is CC(C)(C)OC(=O)N1CCN(c2nc(O)c(C(=Cc3ccc(C(F)(F)F)cc3C(F)(F)F)c3ccc4[nH]ncc4c3)s2)C[C@H]1CO. The van der Waals surface area contributed by atoms with Gasteiger partial charge >= 0.3 is 18.4 Å². The number of aliphatic hydroxyl groups excluding tert-OH is 1. The Morgan fingerprint density at radius 1 is 1.09 bits per heavy atom. The van der Waals surface area contributed by atoms with Crippen molar-refractivity contribution in [2.75, 3.05) is 31.1 Å². The smallest absolute Gasteiger partial charge is 0.417 e. The number of H-pyrrole nitrogens is 1. The molecule has 3 N–H and O–H groups in total. The number of nitrogens with zero attached hydrogens (tertiary/aromatic N) is 4. The number of nitrogens with one attached hydrogen (secondary N) is 1. The lowest BCUT2D eigenvalue weighted by Crippen LogP contribution is -2.57. The number of fused-ring (bicyclic) bond motifs is 1. The number of benzene rings is 2. The number of aromatic nitrogens is 3. The van der Waals surface area contributed by atoms with Gasteiger partial charge in [-0.2, -0.15) is 36.4 Å². The topological polar surface area (TPSA) is 115 Å². The molecule has 1 aliphatic heterocycles. The highest BCUT2D eigenvalue weighted by Crippen LogP contribution is 2.43. The number of aliphatic hydroxyl groups is 1. The van der Waals surface area contributed by atoms with Crippen LogP contribution in [0.15, 0.2) is 42.6 Å². The highest BCUT2D eigenvalue weighted by Gasteiger charge is 2.38. The van der Waals surface area contributed by atoms with Gasteiger partial charge in [0.15, 0.2) is 5.13 Å². The van der Waals surface area contributed by atoms with Crippen molar-refractivity contribution in [3.8, 4) is 5.88 Å². The Balaban J connectivity index is 1.57. The number of carbonyl (C=O) groups is 1. The molecule has 0 spiro atoms. The maximum Gasteiger partial charge on any atom is 0.417 e. The minimum Gasteiger partial charge on any atom is -0.492 e. The molecule has 0 bridgehead atoms. The van der Waals surface area contributed by atoms with Gasteiger partial charge in [-0.05, 0) is 62.2 Å². The van der Waals surface area contributed by atoms with Crippen LogP contribution in [-0.2, 0) is 17.1 Å². The van der Waals surface area contributed by atoms with Crippen molar-refractivity contribution >= 4 is 45.1 Å². The van der Waals surface area contributed by atoms with E-state index < -0.39 is 59.3 Å². The molecule has 0 saturated carbocycles. The molecule has 2 aromatic heterocycles. The number of alkyl halides is 6. The fourth-order valence-electron chi connectivity index (χ4n) is 5.01. The average molecular weight is 670 g/mol. The number of hydrogen-bond donors (Lipinski definition) is 3. The number of anilines is 1. The molecule has 1 aliphatic rings. The van der Waals surface area contributed by atoms with E-state index in [4.69, 9.17) is 4.74 Å². The summed E-state index contributed by atoms with van der Waals surface area (Å²) in [6, 6.07) is 5.49. The van der Waals surface area contributed by atoms with Crippen LogP contribution in [0.25, 0.3) is 22.6 Å². The van der Waals surface area contributed by atoms with Gasteiger partial charge in [-0.3, -0.25) is 10.00 Å². The summed E-state index contributed by atoms with van der Waals surface area (Å²) in [4.78, 5) is 20.1. The Bertz CT molecular complexity index is 1780. The van der Waals surface area contributed by atoms with Crippen LogP contribution in [0.3, 0.4) is 0 Å². The Labute approximate surface area is 262 Å². The Morgan fingerprint density at radius 2 is 1.83 bits per heavy atom. The predicted molar refractivity (Wildman–Crippen MR) is 159 cm³/mol. The second-order valence-electron chi connectivity index (χ2n) is 11.6. The molecular weight excluding hydrogens is 640 g/mol. The number of aromatic amines is 1. The average Bonchev–Trinajstić information content (AvgIpc) is 3.59. The van der Waals surface area contributed by atoms with Crippen molar-refractivity contribution in [1.29, 1.82) is 0 Å². The maximum atomic E-state index is 14.1. The minimum atomic E-state index is -5.12. The lowest BCUT2D eigenvalue weighted by Gasteiger charge is -2.40. The summed E-state index contributed by atoms with van der Waals surface area (Å²) < 4.78 is 87.7. The van der Waals surface area contributed by atoms with E-state index in [9.17, 15) is 41.4 Å². The highest BCUT2D eigenvalue weighted by atomic mass is 32.1. The first-order valence-corrected chi connectivity index (χ1v) is 14.8. The van der Waals surface area contributed by atoms with E-state index in [-0.39, 0.29) is 41.3 Å². The van der Waals surface area contributed by atoms with Crippen molar-refractivity contribution in [2.24, 2.45) is 0 Å². The molecule has 16 heteroatoms. The van der Waals surface area contributed by atoms with Crippen molar-refractivity contribution in [2.45, 2.75) is 44.8 Å². The molecule has 4 aromatic rings. The number of aromatic hydroxyl groups is 1. The highest BCUT2D eigenvalue weighted by molar-refractivity contribution is 7.17. The van der Waals surface area contributed by atoms with Crippen LogP contribution in [0.1, 0.15) is 47.9 Å². The Hall–Kier alpha value is -4.31. The number of carbonyl (C=O) groups excluding carboxylic acids is 1. The second kappa shape index (κ2) is 12.1. The first-order chi connectivity index (χ1) is 21.4. The number of amides is 1. The molecule has 0 unspecified atom stereocenters. The normalized spacial score (nSPS) is 16.7. The number of ether oxygens (including phenoxy) is 1. The van der Waals surface area contributed by atoms with E-state index in [2.05, 4.69) is 15.2 Å². The summed E-state index contributed by atoms with van der Waals surface area (Å²) in [7, 11) is 0. The summed E-state index contributed by atoms with van der Waals surface area (Å²) in [6.45, 7) is 5.24. The number of thiazole rings is 1. The number of hydrogen-bond acceptors (Lipinski definition) is 8. The molecule has 1 saturated heterocycles. The first-order valence-electron chi connectivity index (χ1n) is 13.9. The van der Waals surface area contributed by atoms with Gasteiger partial charge in [-0.1, -0.05) is 23.5 Å². The van der Waals surface area contributed by atoms with Crippen molar-refractivity contribution in [3.63, 3.8) is 0 Å². The second-order valence-corrected chi connectivity index (χ2v) is 12.6. The van der Waals surface area contributed by atoms with Crippen molar-refractivity contribution < 1.29 is 46.1 Å². The van der Waals surface area contributed by atoms with E-state index >= 15 is 0 Å². The fourth-order valence-corrected chi connectivity index (χ4v) is 6.04. The Morgan fingerprint density at radius 3 is 2.48 bits per heavy atom. The molecule has 3 heterocycles. The fraction of sp³-hybridized carbons (Fsp3) is 0.367. The van der Waals surface area contributed by atoms with E-state index in [1.165, 1.54) is 11.1 Å². The lowest BCUT2D eigenvalue weighted by atomic mass is 9.96.